The Kier molecular flexibility index (Phi) is 6.46. The highest BCUT2D eigenvalue weighted by molar-refractivity contribution is 5.79. The maximum Gasteiger partial charge on any atom is 0.261 e. The number of halogens is 1. The van der Waals surface area contributed by atoms with Crippen LogP contribution in [0.25, 0.3) is 0 Å². The maximum absolute atomic E-state index is 13.0. The summed E-state index contributed by atoms with van der Waals surface area (Å²) in [6.45, 7) is 5.91. The SMILES string of the molecule is Cc1nc(C2CC(NC(=O)CC(C)C)CN2C(=O)COc2ccc(F)cc2)n[nH]1. The zero-order valence-corrected chi connectivity index (χ0v) is 16.8. The molecule has 1 saturated heterocycles. The van der Waals surface area contributed by atoms with Gasteiger partial charge in [-0.2, -0.15) is 5.10 Å². The van der Waals surface area contributed by atoms with E-state index in [-0.39, 0.29) is 42.2 Å². The normalized spacial score (nSPS) is 18.9. The largest absolute Gasteiger partial charge is 0.484 e. The van der Waals surface area contributed by atoms with Crippen LogP contribution >= 0.6 is 0 Å². The molecule has 2 N–H and O–H groups in total. The van der Waals surface area contributed by atoms with Crippen LogP contribution in [0.2, 0.25) is 0 Å². The lowest BCUT2D eigenvalue weighted by Crippen LogP contribution is -2.40. The average Bonchev–Trinajstić information content (AvgIpc) is 3.26. The van der Waals surface area contributed by atoms with Crippen molar-refractivity contribution in [2.24, 2.45) is 5.92 Å². The number of H-pyrrole nitrogens is 1. The second kappa shape index (κ2) is 9.02. The zero-order chi connectivity index (χ0) is 21.0. The summed E-state index contributed by atoms with van der Waals surface area (Å²) in [4.78, 5) is 31.0. The van der Waals surface area contributed by atoms with Crippen molar-refractivity contribution in [2.45, 2.75) is 45.7 Å². The zero-order valence-electron chi connectivity index (χ0n) is 16.8. The van der Waals surface area contributed by atoms with E-state index in [9.17, 15) is 14.0 Å². The molecule has 2 atom stereocenters. The van der Waals surface area contributed by atoms with E-state index in [2.05, 4.69) is 20.5 Å². The number of carbonyl (C=O) groups excluding carboxylic acids is 2. The third-order valence-electron chi connectivity index (χ3n) is 4.67. The number of likely N-dealkylation sites (tertiary alicyclic amines) is 1. The lowest BCUT2D eigenvalue weighted by molar-refractivity contribution is -0.134. The van der Waals surface area contributed by atoms with Crippen LogP contribution in [-0.4, -0.2) is 51.1 Å². The second-order valence-electron chi connectivity index (χ2n) is 7.68. The summed E-state index contributed by atoms with van der Waals surface area (Å²) in [6.07, 6.45) is 0.964. The fraction of sp³-hybridized carbons (Fsp3) is 0.500. The predicted molar refractivity (Wildman–Crippen MR) is 103 cm³/mol. The number of carbonyl (C=O) groups is 2. The lowest BCUT2D eigenvalue weighted by atomic mass is 10.1. The van der Waals surface area contributed by atoms with Crippen LogP contribution in [0.4, 0.5) is 4.39 Å². The number of aromatic nitrogens is 3. The topological polar surface area (TPSA) is 100 Å². The Balaban J connectivity index is 1.67. The quantitative estimate of drug-likeness (QED) is 0.738. The predicted octanol–water partition coefficient (Wildman–Crippen LogP) is 2.14. The first-order valence-corrected chi connectivity index (χ1v) is 9.68. The number of hydrogen-bond acceptors (Lipinski definition) is 5. The number of benzene rings is 1. The fourth-order valence-electron chi connectivity index (χ4n) is 3.39. The van der Waals surface area contributed by atoms with E-state index >= 15 is 0 Å². The Bertz CT molecular complexity index is 852. The molecule has 1 aromatic carbocycles. The van der Waals surface area contributed by atoms with Crippen molar-refractivity contribution >= 4 is 11.8 Å². The van der Waals surface area contributed by atoms with E-state index in [1.165, 1.54) is 24.3 Å². The molecule has 1 aromatic heterocycles. The number of aryl methyl sites for hydroxylation is 1. The number of nitrogens with one attached hydrogen (secondary N) is 2. The Morgan fingerprint density at radius 1 is 1.34 bits per heavy atom. The van der Waals surface area contributed by atoms with Gasteiger partial charge in [0.25, 0.3) is 5.91 Å². The van der Waals surface area contributed by atoms with E-state index in [1.807, 2.05) is 13.8 Å². The van der Waals surface area contributed by atoms with Crippen molar-refractivity contribution < 1.29 is 18.7 Å². The molecule has 0 aliphatic carbocycles. The summed E-state index contributed by atoms with van der Waals surface area (Å²) in [5.74, 6) is 1.17. The number of ether oxygens (including phenoxy) is 1. The van der Waals surface area contributed by atoms with E-state index in [0.717, 1.165) is 0 Å². The standard InChI is InChI=1S/C20H26FN5O3/c1-12(2)8-18(27)23-15-9-17(20-22-13(3)24-25-20)26(10-15)19(28)11-29-16-6-4-14(21)5-7-16/h4-7,12,15,17H,8-11H2,1-3H3,(H,23,27)(H,22,24,25). The maximum atomic E-state index is 13.0. The molecule has 8 nitrogen and oxygen atoms in total. The highest BCUT2D eigenvalue weighted by atomic mass is 19.1. The summed E-state index contributed by atoms with van der Waals surface area (Å²) in [6, 6.07) is 4.95. The van der Waals surface area contributed by atoms with E-state index in [4.69, 9.17) is 4.74 Å². The third kappa shape index (κ3) is 5.52. The monoisotopic (exact) mass is 403 g/mol. The van der Waals surface area contributed by atoms with Gasteiger partial charge in [0.2, 0.25) is 5.91 Å². The van der Waals surface area contributed by atoms with Crippen LogP contribution in [0.5, 0.6) is 5.75 Å². The van der Waals surface area contributed by atoms with Gasteiger partial charge in [-0.3, -0.25) is 14.7 Å². The van der Waals surface area contributed by atoms with Crippen molar-refractivity contribution in [3.63, 3.8) is 0 Å². The van der Waals surface area contributed by atoms with Crippen LogP contribution in [-0.2, 0) is 9.59 Å². The molecule has 156 valence electrons. The first kappa shape index (κ1) is 20.8. The van der Waals surface area contributed by atoms with Gasteiger partial charge in [0.05, 0.1) is 6.04 Å². The summed E-state index contributed by atoms with van der Waals surface area (Å²) in [5.41, 5.74) is 0. The number of amides is 2. The minimum atomic E-state index is -0.372. The number of hydrogen-bond donors (Lipinski definition) is 2. The van der Waals surface area contributed by atoms with Crippen molar-refractivity contribution in [3.8, 4) is 5.75 Å². The van der Waals surface area contributed by atoms with Crippen LogP contribution in [0.1, 0.15) is 44.4 Å². The smallest absolute Gasteiger partial charge is 0.261 e. The van der Waals surface area contributed by atoms with Crippen LogP contribution in [0.15, 0.2) is 24.3 Å². The molecule has 1 aliphatic rings. The summed E-state index contributed by atoms with van der Waals surface area (Å²) >= 11 is 0. The Morgan fingerprint density at radius 3 is 2.69 bits per heavy atom. The highest BCUT2D eigenvalue weighted by Gasteiger charge is 2.39. The molecule has 2 heterocycles. The van der Waals surface area contributed by atoms with Crippen LogP contribution < -0.4 is 10.1 Å². The average molecular weight is 403 g/mol. The van der Waals surface area contributed by atoms with E-state index in [1.54, 1.807) is 11.8 Å². The molecule has 2 aromatic rings. The third-order valence-corrected chi connectivity index (χ3v) is 4.67. The molecule has 9 heteroatoms. The molecule has 29 heavy (non-hydrogen) atoms. The molecule has 0 spiro atoms. The van der Waals surface area contributed by atoms with Gasteiger partial charge in [-0.15, -0.1) is 0 Å². The minimum absolute atomic E-state index is 0.0354. The van der Waals surface area contributed by atoms with Crippen LogP contribution in [0, 0.1) is 18.7 Å². The van der Waals surface area contributed by atoms with Crippen molar-refractivity contribution in [2.75, 3.05) is 13.2 Å². The molecule has 1 fully saturated rings. The van der Waals surface area contributed by atoms with Gasteiger partial charge in [0, 0.05) is 19.0 Å². The van der Waals surface area contributed by atoms with E-state index < -0.39 is 0 Å². The van der Waals surface area contributed by atoms with E-state index in [0.29, 0.717) is 36.8 Å². The molecule has 0 radical (unpaired) electrons. The lowest BCUT2D eigenvalue weighted by Gasteiger charge is -2.22. The second-order valence-corrected chi connectivity index (χ2v) is 7.68. The molecule has 3 rings (SSSR count). The summed E-state index contributed by atoms with van der Waals surface area (Å²) in [5, 5.41) is 9.99. The summed E-state index contributed by atoms with van der Waals surface area (Å²) < 4.78 is 18.5. The van der Waals surface area contributed by atoms with Crippen LogP contribution in [0.3, 0.4) is 0 Å². The molecule has 0 bridgehead atoms. The first-order valence-electron chi connectivity index (χ1n) is 9.68. The van der Waals surface area contributed by atoms with Gasteiger partial charge < -0.3 is 15.0 Å². The molecular weight excluding hydrogens is 377 g/mol. The van der Waals surface area contributed by atoms with Crippen molar-refractivity contribution in [1.82, 2.24) is 25.4 Å². The summed E-state index contributed by atoms with van der Waals surface area (Å²) in [7, 11) is 0. The fourth-order valence-corrected chi connectivity index (χ4v) is 3.39. The Labute approximate surface area is 168 Å². The van der Waals surface area contributed by atoms with Gasteiger partial charge in [0.1, 0.15) is 17.4 Å². The number of rotatable bonds is 7. The molecule has 1 aliphatic heterocycles. The number of aromatic amines is 1. The van der Waals surface area contributed by atoms with Crippen molar-refractivity contribution in [3.05, 3.63) is 41.7 Å². The molecule has 2 amide bonds. The molecule has 0 saturated carbocycles. The first-order chi connectivity index (χ1) is 13.8. The van der Waals surface area contributed by atoms with Gasteiger partial charge in [0.15, 0.2) is 12.4 Å². The van der Waals surface area contributed by atoms with Gasteiger partial charge >= 0.3 is 0 Å². The molecular formula is C20H26FN5O3. The Morgan fingerprint density at radius 2 is 2.07 bits per heavy atom. The van der Waals surface area contributed by atoms with Gasteiger partial charge in [-0.25, -0.2) is 9.37 Å². The van der Waals surface area contributed by atoms with Gasteiger partial charge in [-0.05, 0) is 43.5 Å². The van der Waals surface area contributed by atoms with Crippen molar-refractivity contribution in [1.29, 1.82) is 0 Å². The number of nitrogens with zero attached hydrogens (tertiary/aromatic N) is 3. The molecule has 2 unspecified atom stereocenters. The Hall–Kier alpha value is -2.97. The highest BCUT2D eigenvalue weighted by Crippen LogP contribution is 2.30. The minimum Gasteiger partial charge on any atom is -0.484 e. The van der Waals surface area contributed by atoms with Gasteiger partial charge in [-0.1, -0.05) is 13.8 Å².